The molecule has 8 heteroatoms. The second-order valence-corrected chi connectivity index (χ2v) is 8.76. The van der Waals surface area contributed by atoms with E-state index in [0.29, 0.717) is 12.2 Å². The minimum Gasteiger partial charge on any atom is -0.494 e. The van der Waals surface area contributed by atoms with E-state index in [1.807, 2.05) is 0 Å². The van der Waals surface area contributed by atoms with Gasteiger partial charge in [-0.05, 0) is 42.8 Å². The van der Waals surface area contributed by atoms with Crippen LogP contribution in [-0.4, -0.2) is 56.3 Å². The number of benzene rings is 2. The van der Waals surface area contributed by atoms with Gasteiger partial charge < -0.3 is 9.64 Å². The van der Waals surface area contributed by atoms with Gasteiger partial charge in [-0.25, -0.2) is 12.8 Å². The first kappa shape index (κ1) is 21.3. The first-order valence-corrected chi connectivity index (χ1v) is 11.1. The molecule has 0 saturated carbocycles. The van der Waals surface area contributed by atoms with Crippen molar-refractivity contribution >= 4 is 15.9 Å². The van der Waals surface area contributed by atoms with Gasteiger partial charge in [-0.1, -0.05) is 25.5 Å². The largest absolute Gasteiger partial charge is 0.494 e. The van der Waals surface area contributed by atoms with Crippen LogP contribution in [0.25, 0.3) is 0 Å². The fourth-order valence-electron chi connectivity index (χ4n) is 3.14. The monoisotopic (exact) mass is 420 g/mol. The summed E-state index contributed by atoms with van der Waals surface area (Å²) < 4.78 is 46.1. The van der Waals surface area contributed by atoms with Crippen LogP contribution in [0.4, 0.5) is 4.39 Å². The number of rotatable bonds is 7. The minimum atomic E-state index is -3.92. The van der Waals surface area contributed by atoms with E-state index in [1.165, 1.54) is 22.5 Å². The molecular weight excluding hydrogens is 395 g/mol. The Morgan fingerprint density at radius 3 is 2.31 bits per heavy atom. The Hall–Kier alpha value is -2.45. The number of halogens is 1. The lowest BCUT2D eigenvalue weighted by atomic mass is 10.2. The van der Waals surface area contributed by atoms with E-state index < -0.39 is 15.8 Å². The van der Waals surface area contributed by atoms with Gasteiger partial charge in [-0.2, -0.15) is 4.31 Å². The van der Waals surface area contributed by atoms with E-state index in [9.17, 15) is 17.6 Å². The minimum absolute atomic E-state index is 0.126. The van der Waals surface area contributed by atoms with Crippen LogP contribution in [0.5, 0.6) is 5.75 Å². The molecule has 29 heavy (non-hydrogen) atoms. The Labute approximate surface area is 170 Å². The quantitative estimate of drug-likeness (QED) is 0.646. The number of amides is 1. The van der Waals surface area contributed by atoms with Gasteiger partial charge in [-0.3, -0.25) is 4.79 Å². The van der Waals surface area contributed by atoms with Crippen LogP contribution in [0.2, 0.25) is 0 Å². The second-order valence-electron chi connectivity index (χ2n) is 6.85. The molecule has 1 heterocycles. The predicted octanol–water partition coefficient (Wildman–Crippen LogP) is 3.15. The normalized spacial score (nSPS) is 15.3. The van der Waals surface area contributed by atoms with Gasteiger partial charge >= 0.3 is 0 Å². The Morgan fingerprint density at radius 1 is 1.03 bits per heavy atom. The summed E-state index contributed by atoms with van der Waals surface area (Å²) in [4.78, 5) is 14.0. The third kappa shape index (κ3) is 4.94. The highest BCUT2D eigenvalue weighted by Gasteiger charge is 2.32. The Balaban J connectivity index is 1.60. The number of ether oxygens (including phenoxy) is 1. The van der Waals surface area contributed by atoms with Crippen LogP contribution in [0.3, 0.4) is 0 Å². The molecule has 1 saturated heterocycles. The van der Waals surface area contributed by atoms with Crippen molar-refractivity contribution < 1.29 is 22.3 Å². The van der Waals surface area contributed by atoms with Crippen molar-refractivity contribution in [3.05, 3.63) is 59.9 Å². The highest BCUT2D eigenvalue weighted by atomic mass is 32.2. The molecule has 0 aromatic heterocycles. The summed E-state index contributed by atoms with van der Waals surface area (Å²) in [6.45, 7) is 3.48. The van der Waals surface area contributed by atoms with Crippen molar-refractivity contribution in [1.29, 1.82) is 0 Å². The molecule has 0 spiro atoms. The standard InChI is InChI=1S/C21H25FN2O4S/c1-2-3-16-28-18-10-8-17(9-11-18)21(25)23-12-14-24(15-13-23)29(26,27)20-7-5-4-6-19(20)22/h4-11H,2-3,12-16H2,1H3. The lowest BCUT2D eigenvalue weighted by molar-refractivity contribution is 0.0697. The summed E-state index contributed by atoms with van der Waals surface area (Å²) in [5.74, 6) is -0.212. The van der Waals surface area contributed by atoms with Gasteiger partial charge in [0.25, 0.3) is 5.91 Å². The van der Waals surface area contributed by atoms with Gasteiger partial charge in [0.15, 0.2) is 0 Å². The fraction of sp³-hybridized carbons (Fsp3) is 0.381. The van der Waals surface area contributed by atoms with Gasteiger partial charge in [0.1, 0.15) is 16.5 Å². The lowest BCUT2D eigenvalue weighted by Crippen LogP contribution is -2.50. The smallest absolute Gasteiger partial charge is 0.253 e. The molecule has 3 rings (SSSR count). The maximum Gasteiger partial charge on any atom is 0.253 e. The number of hydrogen-bond donors (Lipinski definition) is 0. The fourth-order valence-corrected chi connectivity index (χ4v) is 4.62. The number of hydrogen-bond acceptors (Lipinski definition) is 4. The number of piperazine rings is 1. The third-order valence-electron chi connectivity index (χ3n) is 4.85. The number of nitrogens with zero attached hydrogens (tertiary/aromatic N) is 2. The maximum absolute atomic E-state index is 13.9. The van der Waals surface area contributed by atoms with Gasteiger partial charge in [-0.15, -0.1) is 0 Å². The molecule has 1 aliphatic rings. The molecule has 2 aromatic rings. The van der Waals surface area contributed by atoms with Gasteiger partial charge in [0.05, 0.1) is 6.61 Å². The van der Waals surface area contributed by atoms with E-state index in [-0.39, 0.29) is 37.0 Å². The summed E-state index contributed by atoms with van der Waals surface area (Å²) in [6, 6.07) is 12.3. The summed E-state index contributed by atoms with van der Waals surface area (Å²) in [6.07, 6.45) is 2.02. The van der Waals surface area contributed by atoms with Crippen molar-refractivity contribution in [1.82, 2.24) is 9.21 Å². The van der Waals surface area contributed by atoms with Crippen LogP contribution in [0.15, 0.2) is 53.4 Å². The summed E-state index contributed by atoms with van der Waals surface area (Å²) >= 11 is 0. The molecule has 1 amide bonds. The number of unbranched alkanes of at least 4 members (excludes halogenated alkanes) is 1. The number of carbonyl (C=O) groups is 1. The SMILES string of the molecule is CCCCOc1ccc(C(=O)N2CCN(S(=O)(=O)c3ccccc3F)CC2)cc1. The Morgan fingerprint density at radius 2 is 1.69 bits per heavy atom. The topological polar surface area (TPSA) is 66.9 Å². The summed E-state index contributed by atoms with van der Waals surface area (Å²) in [5, 5.41) is 0. The second kappa shape index (κ2) is 9.37. The van der Waals surface area contributed by atoms with Crippen LogP contribution >= 0.6 is 0 Å². The number of sulfonamides is 1. The molecule has 6 nitrogen and oxygen atoms in total. The third-order valence-corrected chi connectivity index (χ3v) is 6.78. The first-order valence-electron chi connectivity index (χ1n) is 9.70. The van der Waals surface area contributed by atoms with E-state index in [2.05, 4.69) is 6.92 Å². The zero-order chi connectivity index (χ0) is 20.9. The average molecular weight is 421 g/mol. The van der Waals surface area contributed by atoms with E-state index in [1.54, 1.807) is 29.2 Å². The van der Waals surface area contributed by atoms with Crippen LogP contribution in [0.1, 0.15) is 30.1 Å². The molecule has 0 bridgehead atoms. The Kier molecular flexibility index (Phi) is 6.87. The van der Waals surface area contributed by atoms with Crippen molar-refractivity contribution in [2.45, 2.75) is 24.7 Å². The van der Waals surface area contributed by atoms with Crippen LogP contribution < -0.4 is 4.74 Å². The predicted molar refractivity (Wildman–Crippen MR) is 108 cm³/mol. The molecule has 0 radical (unpaired) electrons. The van der Waals surface area contributed by atoms with Crippen molar-refractivity contribution in [3.63, 3.8) is 0 Å². The van der Waals surface area contributed by atoms with E-state index in [4.69, 9.17) is 4.74 Å². The highest BCUT2D eigenvalue weighted by Crippen LogP contribution is 2.21. The van der Waals surface area contributed by atoms with Crippen LogP contribution in [0, 0.1) is 5.82 Å². The maximum atomic E-state index is 13.9. The Bertz CT molecular complexity index is 939. The van der Waals surface area contributed by atoms with Crippen molar-refractivity contribution in [2.24, 2.45) is 0 Å². The van der Waals surface area contributed by atoms with Gasteiger partial charge in [0, 0.05) is 31.7 Å². The van der Waals surface area contributed by atoms with Crippen molar-refractivity contribution in [3.8, 4) is 5.75 Å². The average Bonchev–Trinajstić information content (AvgIpc) is 2.74. The molecule has 2 aromatic carbocycles. The van der Waals surface area contributed by atoms with Gasteiger partial charge in [0.2, 0.25) is 10.0 Å². The molecule has 1 aliphatic heterocycles. The molecular formula is C21H25FN2O4S. The van der Waals surface area contributed by atoms with Crippen molar-refractivity contribution in [2.75, 3.05) is 32.8 Å². The van der Waals surface area contributed by atoms with Crippen LogP contribution in [-0.2, 0) is 10.0 Å². The number of carbonyl (C=O) groups excluding carboxylic acids is 1. The molecule has 1 fully saturated rings. The lowest BCUT2D eigenvalue weighted by Gasteiger charge is -2.34. The molecule has 156 valence electrons. The molecule has 0 unspecified atom stereocenters. The molecule has 0 aliphatic carbocycles. The summed E-state index contributed by atoms with van der Waals surface area (Å²) in [7, 11) is -3.92. The zero-order valence-corrected chi connectivity index (χ0v) is 17.2. The summed E-state index contributed by atoms with van der Waals surface area (Å²) in [5.41, 5.74) is 0.526. The first-order chi connectivity index (χ1) is 13.9. The van der Waals surface area contributed by atoms with E-state index >= 15 is 0 Å². The highest BCUT2D eigenvalue weighted by molar-refractivity contribution is 7.89. The molecule has 0 N–H and O–H groups in total. The van der Waals surface area contributed by atoms with E-state index in [0.717, 1.165) is 24.7 Å². The molecule has 0 atom stereocenters. The zero-order valence-electron chi connectivity index (χ0n) is 16.4.